The molecule has 0 aliphatic carbocycles. The predicted molar refractivity (Wildman–Crippen MR) is 86.0 cm³/mol. The van der Waals surface area contributed by atoms with Crippen LogP contribution >= 0.6 is 0 Å². The molecule has 104 valence electrons. The van der Waals surface area contributed by atoms with Gasteiger partial charge in [-0.25, -0.2) is 0 Å². The molecule has 2 aliphatic rings. The molecule has 0 fully saturated rings. The maximum atomic E-state index is 4.48. The number of pyridine rings is 1. The van der Waals surface area contributed by atoms with E-state index in [2.05, 4.69) is 39.9 Å². The van der Waals surface area contributed by atoms with Crippen LogP contribution in [0.4, 0.5) is 0 Å². The van der Waals surface area contributed by atoms with Crippen molar-refractivity contribution in [2.75, 3.05) is 0 Å². The molecule has 21 heavy (non-hydrogen) atoms. The van der Waals surface area contributed by atoms with Crippen molar-refractivity contribution in [3.8, 4) is 0 Å². The Morgan fingerprint density at radius 2 is 1.52 bits per heavy atom. The summed E-state index contributed by atoms with van der Waals surface area (Å²) in [6, 6.07) is 5.99. The Morgan fingerprint density at radius 1 is 0.857 bits per heavy atom. The van der Waals surface area contributed by atoms with Crippen molar-refractivity contribution in [1.29, 1.82) is 0 Å². The molecule has 3 rings (SSSR count). The summed E-state index contributed by atoms with van der Waals surface area (Å²) >= 11 is 0. The molecular weight excluding hydrogens is 258 g/mol. The van der Waals surface area contributed by atoms with Crippen molar-refractivity contribution in [2.45, 2.75) is 5.92 Å². The Bertz CT molecular complexity index is 621. The molecule has 1 aromatic rings. The summed E-state index contributed by atoms with van der Waals surface area (Å²) in [6.45, 7) is 0. The van der Waals surface area contributed by atoms with E-state index in [0.717, 1.165) is 17.1 Å². The summed E-state index contributed by atoms with van der Waals surface area (Å²) in [5.41, 5.74) is 3.16. The van der Waals surface area contributed by atoms with Gasteiger partial charge < -0.3 is 10.6 Å². The zero-order valence-electron chi connectivity index (χ0n) is 11.6. The zero-order chi connectivity index (χ0) is 14.3. The topological polar surface area (TPSA) is 37.0 Å². The van der Waals surface area contributed by atoms with Crippen molar-refractivity contribution in [1.82, 2.24) is 15.6 Å². The van der Waals surface area contributed by atoms with E-state index in [-0.39, 0.29) is 5.92 Å². The highest BCUT2D eigenvalue weighted by Crippen LogP contribution is 2.21. The molecule has 2 N–H and O–H groups in total. The Labute approximate surface area is 124 Å². The maximum Gasteiger partial charge on any atom is 0.0511 e. The minimum Gasteiger partial charge on any atom is -0.362 e. The molecule has 0 amide bonds. The SMILES string of the molecule is C1=CNC(=CC(C=C2C=CC=CN2)c2ccccn2)C=C1. The number of hydrogen-bond donors (Lipinski definition) is 2. The first kappa shape index (κ1) is 13.2. The molecule has 0 bridgehead atoms. The fraction of sp³-hybridized carbons (Fsp3) is 0.0556. The van der Waals surface area contributed by atoms with Crippen LogP contribution in [0.5, 0.6) is 0 Å². The second-order valence-electron chi connectivity index (χ2n) is 4.75. The van der Waals surface area contributed by atoms with Gasteiger partial charge in [-0.1, -0.05) is 18.2 Å². The second-order valence-corrected chi connectivity index (χ2v) is 4.75. The largest absolute Gasteiger partial charge is 0.362 e. The monoisotopic (exact) mass is 275 g/mol. The van der Waals surface area contributed by atoms with Gasteiger partial charge in [0.05, 0.1) is 5.69 Å². The summed E-state index contributed by atoms with van der Waals surface area (Å²) in [5.74, 6) is 0.100. The first-order valence-corrected chi connectivity index (χ1v) is 6.96. The van der Waals surface area contributed by atoms with E-state index in [1.54, 1.807) is 0 Å². The summed E-state index contributed by atoms with van der Waals surface area (Å²) in [6.07, 6.45) is 22.1. The van der Waals surface area contributed by atoms with E-state index in [4.69, 9.17) is 0 Å². The summed E-state index contributed by atoms with van der Waals surface area (Å²) < 4.78 is 0. The van der Waals surface area contributed by atoms with Crippen LogP contribution in [-0.2, 0) is 0 Å². The lowest BCUT2D eigenvalue weighted by molar-refractivity contribution is 0.935. The summed E-state index contributed by atoms with van der Waals surface area (Å²) in [7, 11) is 0. The first-order chi connectivity index (χ1) is 10.4. The minimum atomic E-state index is 0.100. The number of allylic oxidation sites excluding steroid dienone is 8. The number of hydrogen-bond acceptors (Lipinski definition) is 3. The van der Waals surface area contributed by atoms with Crippen LogP contribution in [0.15, 0.2) is 96.8 Å². The predicted octanol–water partition coefficient (Wildman–Crippen LogP) is 3.28. The van der Waals surface area contributed by atoms with E-state index in [9.17, 15) is 0 Å². The van der Waals surface area contributed by atoms with Crippen LogP contribution in [0.1, 0.15) is 11.6 Å². The maximum absolute atomic E-state index is 4.48. The number of nitrogens with zero attached hydrogens (tertiary/aromatic N) is 1. The van der Waals surface area contributed by atoms with Gasteiger partial charge in [0, 0.05) is 35.9 Å². The van der Waals surface area contributed by atoms with Crippen molar-refractivity contribution in [3.63, 3.8) is 0 Å². The molecule has 3 heteroatoms. The molecule has 0 atom stereocenters. The first-order valence-electron chi connectivity index (χ1n) is 6.96. The molecule has 2 aliphatic heterocycles. The third kappa shape index (κ3) is 3.60. The smallest absolute Gasteiger partial charge is 0.0511 e. The van der Waals surface area contributed by atoms with Gasteiger partial charge in [0.2, 0.25) is 0 Å². The molecule has 0 radical (unpaired) electrons. The molecule has 0 saturated carbocycles. The van der Waals surface area contributed by atoms with Gasteiger partial charge in [-0.2, -0.15) is 0 Å². The highest BCUT2D eigenvalue weighted by Gasteiger charge is 2.09. The summed E-state index contributed by atoms with van der Waals surface area (Å²) in [4.78, 5) is 4.48. The third-order valence-electron chi connectivity index (χ3n) is 3.21. The molecule has 0 aromatic carbocycles. The molecular formula is C18H17N3. The molecule has 1 aromatic heterocycles. The van der Waals surface area contributed by atoms with E-state index in [1.165, 1.54) is 0 Å². The lowest BCUT2D eigenvalue weighted by atomic mass is 10.0. The van der Waals surface area contributed by atoms with Gasteiger partial charge >= 0.3 is 0 Å². The third-order valence-corrected chi connectivity index (χ3v) is 3.21. The fourth-order valence-corrected chi connectivity index (χ4v) is 2.20. The molecule has 0 spiro atoms. The van der Waals surface area contributed by atoms with Crippen molar-refractivity contribution >= 4 is 0 Å². The van der Waals surface area contributed by atoms with Crippen LogP contribution < -0.4 is 10.6 Å². The van der Waals surface area contributed by atoms with Gasteiger partial charge in [0.15, 0.2) is 0 Å². The van der Waals surface area contributed by atoms with Crippen molar-refractivity contribution in [3.05, 3.63) is 102 Å². The van der Waals surface area contributed by atoms with Gasteiger partial charge in [-0.05, 0) is 48.6 Å². The fourth-order valence-electron chi connectivity index (χ4n) is 2.20. The van der Waals surface area contributed by atoms with Crippen LogP contribution in [0.3, 0.4) is 0 Å². The average Bonchev–Trinajstić information content (AvgIpc) is 2.57. The van der Waals surface area contributed by atoms with Gasteiger partial charge in [0.25, 0.3) is 0 Å². The van der Waals surface area contributed by atoms with Gasteiger partial charge in [-0.3, -0.25) is 4.98 Å². The van der Waals surface area contributed by atoms with Gasteiger partial charge in [0.1, 0.15) is 0 Å². The van der Waals surface area contributed by atoms with E-state index < -0.39 is 0 Å². The van der Waals surface area contributed by atoms with E-state index in [0.29, 0.717) is 0 Å². The number of dihydropyridines is 2. The van der Waals surface area contributed by atoms with Crippen LogP contribution in [0.25, 0.3) is 0 Å². The average molecular weight is 275 g/mol. The molecule has 0 unspecified atom stereocenters. The Kier molecular flexibility index (Phi) is 4.12. The standard InChI is InChI=1S/C18H17N3/c1-4-10-19-16(7-1)13-15(18-9-3-6-12-21-18)14-17-8-2-5-11-20-17/h1-15,19-20H. The zero-order valence-corrected chi connectivity index (χ0v) is 11.6. The normalized spacial score (nSPS) is 21.3. The number of aromatic nitrogens is 1. The number of nitrogens with one attached hydrogen (secondary N) is 2. The van der Waals surface area contributed by atoms with Crippen molar-refractivity contribution < 1.29 is 0 Å². The van der Waals surface area contributed by atoms with E-state index in [1.807, 2.05) is 61.1 Å². The summed E-state index contributed by atoms with van der Waals surface area (Å²) in [5, 5.41) is 6.48. The number of rotatable bonds is 3. The lowest BCUT2D eigenvalue weighted by Gasteiger charge is -2.14. The molecule has 3 heterocycles. The second kappa shape index (κ2) is 6.57. The van der Waals surface area contributed by atoms with Crippen molar-refractivity contribution in [2.24, 2.45) is 0 Å². The molecule has 0 saturated heterocycles. The quantitative estimate of drug-likeness (QED) is 0.889. The Hall–Kier alpha value is -2.81. The highest BCUT2D eigenvalue weighted by atomic mass is 14.9. The highest BCUT2D eigenvalue weighted by molar-refractivity contribution is 5.36. The van der Waals surface area contributed by atoms with Crippen LogP contribution in [0.2, 0.25) is 0 Å². The minimum absolute atomic E-state index is 0.100. The lowest BCUT2D eigenvalue weighted by Crippen LogP contribution is -2.10. The van der Waals surface area contributed by atoms with Gasteiger partial charge in [-0.15, -0.1) is 0 Å². The van der Waals surface area contributed by atoms with Crippen LogP contribution in [0, 0.1) is 0 Å². The van der Waals surface area contributed by atoms with Crippen LogP contribution in [-0.4, -0.2) is 4.98 Å². The molecule has 3 nitrogen and oxygen atoms in total. The Balaban J connectivity index is 1.91. The Morgan fingerprint density at radius 3 is 2.00 bits per heavy atom. The van der Waals surface area contributed by atoms with E-state index >= 15 is 0 Å².